The standard InChI is InChI=1S/C57H32N4OS/c1-2-14-35-28-38(25-24-33(35)12-1)55-58-56(42-20-11-23-52-54(42)41-19-8-10-22-51(41)63-52)60-57(59-55)45-32-50-43(40-18-7-9-21-49(40)62-50)31-48(45)61-46-27-26-34-13-5-6-17-39(34)53(46)44-29-36-15-3-4-16-37(36)30-47(44)61/h1-32H. The lowest BCUT2D eigenvalue weighted by molar-refractivity contribution is 0.669. The van der Waals surface area contributed by atoms with E-state index in [1.54, 1.807) is 11.3 Å². The zero-order valence-corrected chi connectivity index (χ0v) is 34.4. The summed E-state index contributed by atoms with van der Waals surface area (Å²) >= 11 is 1.79. The van der Waals surface area contributed by atoms with Gasteiger partial charge in [-0.15, -0.1) is 11.3 Å². The van der Waals surface area contributed by atoms with Gasteiger partial charge in [-0.05, 0) is 86.9 Å². The third kappa shape index (κ3) is 5.19. The Bertz CT molecular complexity index is 4230. The van der Waals surface area contributed by atoms with Crippen LogP contribution in [0.15, 0.2) is 199 Å². The molecule has 0 N–H and O–H groups in total. The average Bonchev–Trinajstić information content (AvgIpc) is 4.01. The predicted molar refractivity (Wildman–Crippen MR) is 263 cm³/mol. The minimum absolute atomic E-state index is 0.564. The molecule has 0 aliphatic heterocycles. The second kappa shape index (κ2) is 13.2. The van der Waals surface area contributed by atoms with Crippen LogP contribution in [0.4, 0.5) is 0 Å². The van der Waals surface area contributed by atoms with E-state index in [2.05, 4.69) is 187 Å². The first kappa shape index (κ1) is 34.5. The molecule has 63 heavy (non-hydrogen) atoms. The SMILES string of the molecule is c1ccc2cc(-c3nc(-c4cc5oc6ccccc6c5cc4-n4c5cc6ccccc6cc5c5c6ccccc6ccc54)nc(-c4cccc5sc6ccccc6c45)n3)ccc2c1. The zero-order valence-electron chi connectivity index (χ0n) is 33.6. The smallest absolute Gasteiger partial charge is 0.166 e. The van der Waals surface area contributed by atoms with Gasteiger partial charge in [-0.25, -0.2) is 15.0 Å². The summed E-state index contributed by atoms with van der Waals surface area (Å²) in [6.45, 7) is 0. The maximum absolute atomic E-state index is 6.67. The Hall–Kier alpha value is -8.19. The molecule has 10 aromatic carbocycles. The monoisotopic (exact) mass is 820 g/mol. The molecule has 6 heteroatoms. The molecule has 0 amide bonds. The number of benzene rings is 10. The molecule has 0 atom stereocenters. The molecule has 0 fully saturated rings. The van der Waals surface area contributed by atoms with Gasteiger partial charge in [0.25, 0.3) is 0 Å². The van der Waals surface area contributed by atoms with E-state index in [-0.39, 0.29) is 0 Å². The van der Waals surface area contributed by atoms with Crippen LogP contribution < -0.4 is 0 Å². The number of hydrogen-bond acceptors (Lipinski definition) is 5. The molecule has 0 radical (unpaired) electrons. The maximum atomic E-state index is 6.67. The summed E-state index contributed by atoms with van der Waals surface area (Å²) < 4.78 is 11.5. The summed E-state index contributed by atoms with van der Waals surface area (Å²) in [6, 6.07) is 69.2. The van der Waals surface area contributed by atoms with Gasteiger partial charge in [0.15, 0.2) is 17.5 Å². The molecule has 0 spiro atoms. The van der Waals surface area contributed by atoms with Crippen molar-refractivity contribution in [1.29, 1.82) is 0 Å². The normalized spacial score (nSPS) is 12.1. The number of hydrogen-bond donors (Lipinski definition) is 0. The highest BCUT2D eigenvalue weighted by Crippen LogP contribution is 2.44. The van der Waals surface area contributed by atoms with Crippen LogP contribution >= 0.6 is 11.3 Å². The molecular formula is C57H32N4OS. The lowest BCUT2D eigenvalue weighted by Gasteiger charge is -2.16. The van der Waals surface area contributed by atoms with Gasteiger partial charge in [-0.2, -0.15) is 0 Å². The van der Waals surface area contributed by atoms with E-state index >= 15 is 0 Å². The van der Waals surface area contributed by atoms with E-state index in [9.17, 15) is 0 Å². The van der Waals surface area contributed by atoms with Gasteiger partial charge in [0.1, 0.15) is 11.2 Å². The minimum Gasteiger partial charge on any atom is -0.456 e. The molecule has 14 aromatic rings. The van der Waals surface area contributed by atoms with Crippen molar-refractivity contribution in [3.63, 3.8) is 0 Å². The van der Waals surface area contributed by atoms with E-state index in [4.69, 9.17) is 19.4 Å². The molecule has 4 aromatic heterocycles. The number of nitrogens with zero attached hydrogens (tertiary/aromatic N) is 4. The van der Waals surface area contributed by atoms with E-state index in [0.717, 1.165) is 71.5 Å². The van der Waals surface area contributed by atoms with Crippen molar-refractivity contribution >= 4 is 108 Å². The van der Waals surface area contributed by atoms with Gasteiger partial charge in [-0.3, -0.25) is 0 Å². The highest BCUT2D eigenvalue weighted by Gasteiger charge is 2.24. The van der Waals surface area contributed by atoms with E-state index in [1.807, 2.05) is 12.1 Å². The van der Waals surface area contributed by atoms with Crippen molar-refractivity contribution in [2.24, 2.45) is 0 Å². The van der Waals surface area contributed by atoms with E-state index in [1.165, 1.54) is 47.1 Å². The molecule has 0 bridgehead atoms. The molecule has 5 nitrogen and oxygen atoms in total. The summed E-state index contributed by atoms with van der Waals surface area (Å²) in [4.78, 5) is 16.3. The van der Waals surface area contributed by atoms with E-state index < -0.39 is 0 Å². The van der Waals surface area contributed by atoms with Gasteiger partial charge in [0.05, 0.1) is 16.7 Å². The first-order valence-corrected chi connectivity index (χ1v) is 22.0. The Kier molecular flexibility index (Phi) is 7.21. The number of thiophene rings is 1. The molecule has 0 saturated heterocycles. The Balaban J connectivity index is 1.13. The van der Waals surface area contributed by atoms with Crippen LogP contribution in [-0.2, 0) is 0 Å². The van der Waals surface area contributed by atoms with Crippen LogP contribution in [0.2, 0.25) is 0 Å². The fourth-order valence-electron chi connectivity index (χ4n) is 9.89. The van der Waals surface area contributed by atoms with Crippen LogP contribution in [0.5, 0.6) is 0 Å². The predicted octanol–water partition coefficient (Wildman–Crippen LogP) is 15.7. The van der Waals surface area contributed by atoms with Gasteiger partial charge in [-0.1, -0.05) is 140 Å². The summed E-state index contributed by atoms with van der Waals surface area (Å²) in [6.07, 6.45) is 0. The van der Waals surface area contributed by atoms with Gasteiger partial charge < -0.3 is 8.98 Å². The first-order valence-electron chi connectivity index (χ1n) is 21.2. The largest absolute Gasteiger partial charge is 0.456 e. The van der Waals surface area contributed by atoms with Crippen molar-refractivity contribution in [2.45, 2.75) is 0 Å². The first-order chi connectivity index (χ1) is 31.2. The lowest BCUT2D eigenvalue weighted by atomic mass is 10.0. The van der Waals surface area contributed by atoms with Crippen LogP contribution in [0.3, 0.4) is 0 Å². The molecule has 0 aliphatic rings. The molecule has 4 heterocycles. The molecular weight excluding hydrogens is 789 g/mol. The number of rotatable bonds is 4. The molecule has 292 valence electrons. The Morgan fingerprint density at radius 3 is 1.87 bits per heavy atom. The molecule has 0 saturated carbocycles. The van der Waals surface area contributed by atoms with Crippen molar-refractivity contribution in [1.82, 2.24) is 19.5 Å². The number of fused-ring (bicyclic) bond motifs is 13. The van der Waals surface area contributed by atoms with Crippen LogP contribution in [-0.4, -0.2) is 19.5 Å². The second-order valence-corrected chi connectivity index (χ2v) is 17.4. The third-order valence-electron chi connectivity index (χ3n) is 12.8. The average molecular weight is 821 g/mol. The number of aromatic nitrogens is 4. The van der Waals surface area contributed by atoms with Crippen LogP contribution in [0.25, 0.3) is 136 Å². The molecule has 0 aliphatic carbocycles. The summed E-state index contributed by atoms with van der Waals surface area (Å²) in [5.74, 6) is 1.79. The molecule has 0 unspecified atom stereocenters. The fourth-order valence-corrected chi connectivity index (χ4v) is 11.0. The maximum Gasteiger partial charge on any atom is 0.166 e. The Morgan fingerprint density at radius 1 is 0.365 bits per heavy atom. The summed E-state index contributed by atoms with van der Waals surface area (Å²) in [7, 11) is 0. The highest BCUT2D eigenvalue weighted by molar-refractivity contribution is 7.25. The topological polar surface area (TPSA) is 56.7 Å². The van der Waals surface area contributed by atoms with Gasteiger partial charge in [0, 0.05) is 58.4 Å². The lowest BCUT2D eigenvalue weighted by Crippen LogP contribution is -2.04. The van der Waals surface area contributed by atoms with Crippen LogP contribution in [0.1, 0.15) is 0 Å². The van der Waals surface area contributed by atoms with Crippen LogP contribution in [0, 0.1) is 0 Å². The van der Waals surface area contributed by atoms with E-state index in [0.29, 0.717) is 17.5 Å². The zero-order chi connectivity index (χ0) is 41.2. The summed E-state index contributed by atoms with van der Waals surface area (Å²) in [5, 5.41) is 13.9. The third-order valence-corrected chi connectivity index (χ3v) is 13.9. The summed E-state index contributed by atoms with van der Waals surface area (Å²) in [5.41, 5.74) is 7.50. The fraction of sp³-hybridized carbons (Fsp3) is 0. The Labute approximate surface area is 363 Å². The van der Waals surface area contributed by atoms with Crippen molar-refractivity contribution in [2.75, 3.05) is 0 Å². The molecule has 14 rings (SSSR count). The highest BCUT2D eigenvalue weighted by atomic mass is 32.1. The van der Waals surface area contributed by atoms with Crippen molar-refractivity contribution < 1.29 is 4.42 Å². The number of furan rings is 1. The Morgan fingerprint density at radius 2 is 1.02 bits per heavy atom. The van der Waals surface area contributed by atoms with Crippen molar-refractivity contribution in [3.05, 3.63) is 194 Å². The minimum atomic E-state index is 0.564. The van der Waals surface area contributed by atoms with Gasteiger partial charge in [0.2, 0.25) is 0 Å². The quantitative estimate of drug-likeness (QED) is 0.177. The van der Waals surface area contributed by atoms with Gasteiger partial charge >= 0.3 is 0 Å². The van der Waals surface area contributed by atoms with Crippen molar-refractivity contribution in [3.8, 4) is 39.9 Å². The number of para-hydroxylation sites is 1. The second-order valence-electron chi connectivity index (χ2n) is 16.3.